The van der Waals surface area contributed by atoms with Crippen molar-refractivity contribution in [3.8, 4) is 0 Å². The van der Waals surface area contributed by atoms with E-state index in [2.05, 4.69) is 27.8 Å². The number of benzene rings is 1. The Kier molecular flexibility index (Phi) is 4.56. The molecule has 0 saturated heterocycles. The van der Waals surface area contributed by atoms with E-state index in [1.165, 1.54) is 0 Å². The first-order valence-corrected chi connectivity index (χ1v) is 5.59. The van der Waals surface area contributed by atoms with Gasteiger partial charge in [0, 0.05) is 11.0 Å². The van der Waals surface area contributed by atoms with Crippen LogP contribution in [-0.2, 0) is 0 Å². The normalized spacial score (nSPS) is 9.73. The summed E-state index contributed by atoms with van der Waals surface area (Å²) in [6, 6.07) is 5.72. The number of halogens is 1. The van der Waals surface area contributed by atoms with Crippen molar-refractivity contribution in [1.82, 2.24) is 5.32 Å². The van der Waals surface area contributed by atoms with Gasteiger partial charge in [-0.15, -0.1) is 6.58 Å². The molecule has 2 nitrogen and oxygen atoms in total. The summed E-state index contributed by atoms with van der Waals surface area (Å²) in [4.78, 5) is 11.7. The molecule has 0 fully saturated rings. The number of aryl methyl sites for hydroxylation is 1. The van der Waals surface area contributed by atoms with Crippen LogP contribution in [0.3, 0.4) is 0 Å². The van der Waals surface area contributed by atoms with Crippen molar-refractivity contribution in [2.24, 2.45) is 0 Å². The summed E-state index contributed by atoms with van der Waals surface area (Å²) >= 11 is 3.36. The molecule has 0 atom stereocenters. The van der Waals surface area contributed by atoms with E-state index < -0.39 is 0 Å². The largest absolute Gasteiger partial charge is 0.352 e. The Labute approximate surface area is 98.5 Å². The molecule has 80 valence electrons. The van der Waals surface area contributed by atoms with Crippen LogP contribution < -0.4 is 5.32 Å². The van der Waals surface area contributed by atoms with Crippen LogP contribution in [0.15, 0.2) is 35.3 Å². The second-order valence-electron chi connectivity index (χ2n) is 3.32. The van der Waals surface area contributed by atoms with Gasteiger partial charge >= 0.3 is 0 Å². The van der Waals surface area contributed by atoms with Crippen LogP contribution in [0.5, 0.6) is 0 Å². The second-order valence-corrected chi connectivity index (χ2v) is 4.17. The molecule has 0 saturated carbocycles. The molecule has 0 aliphatic rings. The van der Waals surface area contributed by atoms with Gasteiger partial charge in [0.1, 0.15) is 0 Å². The quantitative estimate of drug-likeness (QED) is 0.660. The molecule has 0 spiro atoms. The monoisotopic (exact) mass is 267 g/mol. The smallest absolute Gasteiger partial charge is 0.252 e. The number of hydrogen-bond acceptors (Lipinski definition) is 1. The summed E-state index contributed by atoms with van der Waals surface area (Å²) in [5.41, 5.74) is 1.76. The molecule has 0 aliphatic carbocycles. The van der Waals surface area contributed by atoms with E-state index in [0.29, 0.717) is 12.1 Å². The molecule has 1 amide bonds. The van der Waals surface area contributed by atoms with Gasteiger partial charge in [-0.25, -0.2) is 0 Å². The van der Waals surface area contributed by atoms with Gasteiger partial charge in [-0.1, -0.05) is 17.7 Å². The first kappa shape index (κ1) is 12.0. The first-order chi connectivity index (χ1) is 7.15. The van der Waals surface area contributed by atoms with Crippen LogP contribution in [0.25, 0.3) is 0 Å². The van der Waals surface area contributed by atoms with Crippen molar-refractivity contribution in [1.29, 1.82) is 0 Å². The fraction of sp³-hybridized carbons (Fsp3) is 0.250. The van der Waals surface area contributed by atoms with Gasteiger partial charge in [-0.2, -0.15) is 0 Å². The maximum Gasteiger partial charge on any atom is 0.252 e. The Morgan fingerprint density at radius 2 is 2.33 bits per heavy atom. The van der Waals surface area contributed by atoms with Crippen LogP contribution in [0.2, 0.25) is 0 Å². The van der Waals surface area contributed by atoms with Gasteiger partial charge in [-0.3, -0.25) is 4.79 Å². The van der Waals surface area contributed by atoms with Crippen molar-refractivity contribution in [2.75, 3.05) is 6.54 Å². The van der Waals surface area contributed by atoms with E-state index >= 15 is 0 Å². The lowest BCUT2D eigenvalue weighted by atomic mass is 10.1. The van der Waals surface area contributed by atoms with E-state index in [4.69, 9.17) is 0 Å². The molecule has 1 aromatic rings. The number of hydrogen-bond donors (Lipinski definition) is 1. The minimum atomic E-state index is -0.0487. The third-order valence-electron chi connectivity index (χ3n) is 2.00. The fourth-order valence-electron chi connectivity index (χ4n) is 1.20. The highest BCUT2D eigenvalue weighted by atomic mass is 79.9. The molecule has 0 heterocycles. The highest BCUT2D eigenvalue weighted by Gasteiger charge is 2.08. The van der Waals surface area contributed by atoms with Gasteiger partial charge in [0.2, 0.25) is 0 Å². The molecule has 0 aliphatic heterocycles. The van der Waals surface area contributed by atoms with Crippen molar-refractivity contribution in [3.05, 3.63) is 46.5 Å². The third kappa shape index (κ3) is 3.51. The number of carbonyl (C=O) groups is 1. The number of nitrogens with one attached hydrogen (secondary N) is 1. The topological polar surface area (TPSA) is 29.1 Å². The molecule has 0 bridgehead atoms. The van der Waals surface area contributed by atoms with Crippen LogP contribution >= 0.6 is 15.9 Å². The average molecular weight is 268 g/mol. The fourth-order valence-corrected chi connectivity index (χ4v) is 1.62. The van der Waals surface area contributed by atoms with E-state index in [1.54, 1.807) is 6.08 Å². The second kappa shape index (κ2) is 5.71. The number of rotatable bonds is 4. The van der Waals surface area contributed by atoms with E-state index in [9.17, 15) is 4.79 Å². The molecular weight excluding hydrogens is 254 g/mol. The van der Waals surface area contributed by atoms with Crippen molar-refractivity contribution in [2.45, 2.75) is 13.3 Å². The van der Waals surface area contributed by atoms with E-state index in [0.717, 1.165) is 16.5 Å². The van der Waals surface area contributed by atoms with Crippen LogP contribution in [0.4, 0.5) is 0 Å². The lowest BCUT2D eigenvalue weighted by Gasteiger charge is -2.06. The summed E-state index contributed by atoms with van der Waals surface area (Å²) in [7, 11) is 0. The molecule has 1 aromatic carbocycles. The Balaban J connectivity index is 2.72. The predicted octanol–water partition coefficient (Wildman–Crippen LogP) is 3.06. The lowest BCUT2D eigenvalue weighted by Crippen LogP contribution is -2.24. The lowest BCUT2D eigenvalue weighted by molar-refractivity contribution is 0.0953. The highest BCUT2D eigenvalue weighted by molar-refractivity contribution is 9.10. The zero-order valence-corrected chi connectivity index (χ0v) is 10.3. The molecule has 3 heteroatoms. The Bertz CT molecular complexity index is 374. The summed E-state index contributed by atoms with van der Waals surface area (Å²) < 4.78 is 0.823. The summed E-state index contributed by atoms with van der Waals surface area (Å²) in [6.45, 7) is 6.19. The molecule has 1 N–H and O–H groups in total. The average Bonchev–Trinajstić information content (AvgIpc) is 2.22. The van der Waals surface area contributed by atoms with Gasteiger partial charge in [0.25, 0.3) is 5.91 Å². The number of amides is 1. The first-order valence-electron chi connectivity index (χ1n) is 4.80. The standard InChI is InChI=1S/C12H14BrNO/c1-3-4-7-14-12(15)10-8-9(2)5-6-11(10)13/h3,5-6,8H,1,4,7H2,2H3,(H,14,15). The molecular formula is C12H14BrNO. The summed E-state index contributed by atoms with van der Waals surface area (Å²) in [5, 5.41) is 2.83. The summed E-state index contributed by atoms with van der Waals surface area (Å²) in [5.74, 6) is -0.0487. The highest BCUT2D eigenvalue weighted by Crippen LogP contribution is 2.17. The predicted molar refractivity (Wildman–Crippen MR) is 66.0 cm³/mol. The zero-order chi connectivity index (χ0) is 11.3. The SMILES string of the molecule is C=CCCNC(=O)c1cc(C)ccc1Br. The summed E-state index contributed by atoms with van der Waals surface area (Å²) in [6.07, 6.45) is 2.57. The Hall–Kier alpha value is -1.09. The Morgan fingerprint density at radius 3 is 3.00 bits per heavy atom. The van der Waals surface area contributed by atoms with Crippen molar-refractivity contribution in [3.63, 3.8) is 0 Å². The van der Waals surface area contributed by atoms with Crippen LogP contribution in [0, 0.1) is 6.92 Å². The van der Waals surface area contributed by atoms with Gasteiger partial charge in [0.05, 0.1) is 5.56 Å². The van der Waals surface area contributed by atoms with Crippen LogP contribution in [0.1, 0.15) is 22.3 Å². The van der Waals surface area contributed by atoms with E-state index in [1.807, 2.05) is 25.1 Å². The maximum absolute atomic E-state index is 11.7. The maximum atomic E-state index is 11.7. The van der Waals surface area contributed by atoms with Crippen molar-refractivity contribution < 1.29 is 4.79 Å². The third-order valence-corrected chi connectivity index (χ3v) is 2.69. The molecule has 0 aromatic heterocycles. The molecule has 15 heavy (non-hydrogen) atoms. The molecule has 0 unspecified atom stereocenters. The molecule has 1 rings (SSSR count). The van der Waals surface area contributed by atoms with Crippen LogP contribution in [-0.4, -0.2) is 12.5 Å². The van der Waals surface area contributed by atoms with E-state index in [-0.39, 0.29) is 5.91 Å². The van der Waals surface area contributed by atoms with Gasteiger partial charge in [0.15, 0.2) is 0 Å². The Morgan fingerprint density at radius 1 is 1.60 bits per heavy atom. The zero-order valence-electron chi connectivity index (χ0n) is 8.72. The minimum Gasteiger partial charge on any atom is -0.352 e. The van der Waals surface area contributed by atoms with Gasteiger partial charge < -0.3 is 5.32 Å². The van der Waals surface area contributed by atoms with Crippen molar-refractivity contribution >= 4 is 21.8 Å². The van der Waals surface area contributed by atoms with Gasteiger partial charge in [-0.05, 0) is 41.4 Å². The minimum absolute atomic E-state index is 0.0487. The number of carbonyl (C=O) groups excluding carboxylic acids is 1. The molecule has 0 radical (unpaired) electrons.